The van der Waals surface area contributed by atoms with Crippen molar-refractivity contribution in [3.8, 4) is 6.07 Å². The van der Waals surface area contributed by atoms with Gasteiger partial charge in [0.2, 0.25) is 0 Å². The second kappa shape index (κ2) is 5.63. The third kappa shape index (κ3) is 3.97. The van der Waals surface area contributed by atoms with Crippen molar-refractivity contribution in [3.05, 3.63) is 29.8 Å². The van der Waals surface area contributed by atoms with Crippen LogP contribution in [0.2, 0.25) is 0 Å². The number of rotatable bonds is 6. The summed E-state index contributed by atoms with van der Waals surface area (Å²) < 4.78 is 0. The quantitative estimate of drug-likeness (QED) is 0.796. The summed E-state index contributed by atoms with van der Waals surface area (Å²) >= 11 is 0. The Morgan fingerprint density at radius 3 is 2.63 bits per heavy atom. The van der Waals surface area contributed by atoms with E-state index < -0.39 is 0 Å². The van der Waals surface area contributed by atoms with Crippen LogP contribution in [0, 0.1) is 16.7 Å². The Labute approximate surface area is 116 Å². The summed E-state index contributed by atoms with van der Waals surface area (Å²) in [4.78, 5) is 2.48. The molecule has 102 valence electrons. The Morgan fingerprint density at radius 1 is 1.37 bits per heavy atom. The minimum Gasteiger partial charge on any atom is -0.398 e. The number of nitriles is 1. The van der Waals surface area contributed by atoms with E-state index in [0.29, 0.717) is 6.04 Å². The Balaban J connectivity index is 1.98. The molecule has 0 saturated heterocycles. The predicted molar refractivity (Wildman–Crippen MR) is 78.3 cm³/mol. The largest absolute Gasteiger partial charge is 0.398 e. The van der Waals surface area contributed by atoms with Gasteiger partial charge in [-0.05, 0) is 44.7 Å². The van der Waals surface area contributed by atoms with Crippen molar-refractivity contribution in [2.45, 2.75) is 45.7 Å². The maximum atomic E-state index is 9.11. The average molecular weight is 257 g/mol. The maximum absolute atomic E-state index is 9.11. The first kappa shape index (κ1) is 13.9. The van der Waals surface area contributed by atoms with Crippen molar-refractivity contribution in [1.82, 2.24) is 4.90 Å². The van der Waals surface area contributed by atoms with Crippen LogP contribution in [0.4, 0.5) is 5.69 Å². The fourth-order valence-corrected chi connectivity index (χ4v) is 2.21. The third-order valence-electron chi connectivity index (χ3n) is 3.82. The second-order valence-electron chi connectivity index (χ2n) is 6.15. The first-order valence-electron chi connectivity index (χ1n) is 7.00. The van der Waals surface area contributed by atoms with E-state index in [-0.39, 0.29) is 5.41 Å². The van der Waals surface area contributed by atoms with Crippen LogP contribution in [0.5, 0.6) is 0 Å². The molecule has 3 nitrogen and oxygen atoms in total. The van der Waals surface area contributed by atoms with Gasteiger partial charge in [0, 0.05) is 24.8 Å². The first-order chi connectivity index (χ1) is 9.02. The van der Waals surface area contributed by atoms with E-state index in [4.69, 9.17) is 11.0 Å². The van der Waals surface area contributed by atoms with Crippen molar-refractivity contribution in [3.63, 3.8) is 0 Å². The summed E-state index contributed by atoms with van der Waals surface area (Å²) in [7, 11) is 0. The van der Waals surface area contributed by atoms with Gasteiger partial charge >= 0.3 is 0 Å². The molecule has 1 aliphatic carbocycles. The van der Waals surface area contributed by atoms with Crippen LogP contribution in [-0.2, 0) is 6.54 Å². The molecule has 2 N–H and O–H groups in total. The van der Waals surface area contributed by atoms with Crippen LogP contribution in [0.3, 0.4) is 0 Å². The molecule has 0 bridgehead atoms. The summed E-state index contributed by atoms with van der Waals surface area (Å²) in [5.74, 6) is 0. The summed E-state index contributed by atoms with van der Waals surface area (Å²) in [6.07, 6.45) is 3.46. The van der Waals surface area contributed by atoms with E-state index in [1.54, 1.807) is 0 Å². The topological polar surface area (TPSA) is 53.0 Å². The lowest BCUT2D eigenvalue weighted by molar-refractivity contribution is 0.225. The van der Waals surface area contributed by atoms with Crippen molar-refractivity contribution in [2.24, 2.45) is 5.41 Å². The Morgan fingerprint density at radius 2 is 2.05 bits per heavy atom. The van der Waals surface area contributed by atoms with Gasteiger partial charge in [-0.1, -0.05) is 18.2 Å². The fourth-order valence-electron chi connectivity index (χ4n) is 2.21. The number of anilines is 1. The molecule has 1 aromatic carbocycles. The first-order valence-corrected chi connectivity index (χ1v) is 7.00. The van der Waals surface area contributed by atoms with Crippen LogP contribution in [0.1, 0.15) is 38.7 Å². The number of para-hydroxylation sites is 1. The van der Waals surface area contributed by atoms with E-state index in [9.17, 15) is 0 Å². The van der Waals surface area contributed by atoms with Crippen molar-refractivity contribution < 1.29 is 0 Å². The van der Waals surface area contributed by atoms with Crippen LogP contribution < -0.4 is 5.73 Å². The molecule has 2 rings (SSSR count). The van der Waals surface area contributed by atoms with E-state index in [1.165, 1.54) is 18.4 Å². The third-order valence-corrected chi connectivity index (χ3v) is 3.82. The lowest BCUT2D eigenvalue weighted by Crippen LogP contribution is -2.30. The molecule has 19 heavy (non-hydrogen) atoms. The van der Waals surface area contributed by atoms with Crippen LogP contribution in [0.25, 0.3) is 0 Å². The molecule has 0 aliphatic heterocycles. The van der Waals surface area contributed by atoms with Gasteiger partial charge in [-0.3, -0.25) is 4.90 Å². The second-order valence-corrected chi connectivity index (χ2v) is 6.15. The summed E-state index contributed by atoms with van der Waals surface area (Å²) in [5.41, 5.74) is 7.84. The van der Waals surface area contributed by atoms with Gasteiger partial charge in [-0.25, -0.2) is 0 Å². The molecule has 0 unspecified atom stereocenters. The summed E-state index contributed by atoms with van der Waals surface area (Å²) in [5, 5.41) is 9.11. The number of nitrogens with zero attached hydrogens (tertiary/aromatic N) is 2. The Bertz CT molecular complexity index is 469. The van der Waals surface area contributed by atoms with Gasteiger partial charge in [-0.2, -0.15) is 5.26 Å². The SMILES string of the molecule is CC(C)(C#N)CCN(Cc1ccccc1N)C1CC1. The molecule has 1 fully saturated rings. The molecule has 0 atom stereocenters. The molecule has 1 aliphatic rings. The fraction of sp³-hybridized carbons (Fsp3) is 0.562. The number of nitrogen functional groups attached to an aromatic ring is 1. The number of hydrogen-bond acceptors (Lipinski definition) is 3. The van der Waals surface area contributed by atoms with Gasteiger partial charge < -0.3 is 5.73 Å². The smallest absolute Gasteiger partial charge is 0.0684 e. The van der Waals surface area contributed by atoms with Gasteiger partial charge in [0.05, 0.1) is 11.5 Å². The lowest BCUT2D eigenvalue weighted by Gasteiger charge is -2.26. The normalized spacial score (nSPS) is 15.5. The van der Waals surface area contributed by atoms with Crippen molar-refractivity contribution in [1.29, 1.82) is 5.26 Å². The van der Waals surface area contributed by atoms with E-state index in [0.717, 1.165) is 25.2 Å². The molecule has 0 amide bonds. The lowest BCUT2D eigenvalue weighted by atomic mass is 9.91. The highest BCUT2D eigenvalue weighted by atomic mass is 15.2. The zero-order valence-corrected chi connectivity index (χ0v) is 11.9. The molecular formula is C16H23N3. The zero-order valence-electron chi connectivity index (χ0n) is 11.9. The highest BCUT2D eigenvalue weighted by molar-refractivity contribution is 5.46. The summed E-state index contributed by atoms with van der Waals surface area (Å²) in [6, 6.07) is 11.1. The highest BCUT2D eigenvalue weighted by Gasteiger charge is 2.30. The maximum Gasteiger partial charge on any atom is 0.0684 e. The minimum atomic E-state index is -0.241. The van der Waals surface area contributed by atoms with Gasteiger partial charge in [0.1, 0.15) is 0 Å². The van der Waals surface area contributed by atoms with Crippen molar-refractivity contribution in [2.75, 3.05) is 12.3 Å². The van der Waals surface area contributed by atoms with Gasteiger partial charge in [0.25, 0.3) is 0 Å². The molecule has 3 heteroatoms. The molecular weight excluding hydrogens is 234 g/mol. The van der Waals surface area contributed by atoms with E-state index >= 15 is 0 Å². The number of hydrogen-bond donors (Lipinski definition) is 1. The standard InChI is InChI=1S/C16H23N3/c1-16(2,12-17)9-10-19(14-7-8-14)11-13-5-3-4-6-15(13)18/h3-6,14H,7-11,18H2,1-2H3. The van der Waals surface area contributed by atoms with Gasteiger partial charge in [-0.15, -0.1) is 0 Å². The predicted octanol–water partition coefficient (Wildman–Crippen LogP) is 3.17. The molecule has 1 saturated carbocycles. The van der Waals surface area contributed by atoms with Crippen molar-refractivity contribution >= 4 is 5.69 Å². The average Bonchev–Trinajstić information content (AvgIpc) is 3.21. The van der Waals surface area contributed by atoms with Crippen LogP contribution in [0.15, 0.2) is 24.3 Å². The Kier molecular flexibility index (Phi) is 4.11. The monoisotopic (exact) mass is 257 g/mol. The molecule has 0 radical (unpaired) electrons. The van der Waals surface area contributed by atoms with E-state index in [2.05, 4.69) is 17.0 Å². The van der Waals surface area contributed by atoms with Crippen LogP contribution in [-0.4, -0.2) is 17.5 Å². The molecule has 1 aromatic rings. The van der Waals surface area contributed by atoms with Gasteiger partial charge in [0.15, 0.2) is 0 Å². The molecule has 0 heterocycles. The highest BCUT2D eigenvalue weighted by Crippen LogP contribution is 2.31. The zero-order chi connectivity index (χ0) is 13.9. The van der Waals surface area contributed by atoms with Crippen LogP contribution >= 0.6 is 0 Å². The number of benzene rings is 1. The van der Waals surface area contributed by atoms with E-state index in [1.807, 2.05) is 32.0 Å². The summed E-state index contributed by atoms with van der Waals surface area (Å²) in [6.45, 7) is 5.89. The molecule has 0 spiro atoms. The number of nitrogens with two attached hydrogens (primary N) is 1. The Hall–Kier alpha value is -1.53. The molecule has 0 aromatic heterocycles. The minimum absolute atomic E-state index is 0.241.